The lowest BCUT2D eigenvalue weighted by Crippen LogP contribution is -2.66. The zero-order valence-electron chi connectivity index (χ0n) is 10.9. The molecule has 0 saturated carbocycles. The normalized spacial score (nSPS) is 50.7. The summed E-state index contributed by atoms with van der Waals surface area (Å²) in [4.78, 5) is 6.95. The van der Waals surface area contributed by atoms with Crippen molar-refractivity contribution in [1.82, 2.24) is 15.5 Å². The number of hydrogen-bond donors (Lipinski definition) is 3. The molecule has 3 N–H and O–H groups in total. The zero-order valence-corrected chi connectivity index (χ0v) is 10.9. The van der Waals surface area contributed by atoms with Gasteiger partial charge < -0.3 is 5.11 Å². The molecule has 17 heavy (non-hydrogen) atoms. The van der Waals surface area contributed by atoms with Crippen LogP contribution < -0.4 is 10.6 Å². The predicted octanol–water partition coefficient (Wildman–Crippen LogP) is -0.477. The minimum Gasteiger partial charge on any atom is -0.387 e. The largest absolute Gasteiger partial charge is 0.387 e. The van der Waals surface area contributed by atoms with Gasteiger partial charge in [-0.15, -0.1) is 0 Å². The van der Waals surface area contributed by atoms with E-state index in [9.17, 15) is 5.11 Å². The standard InChI is InChI=1S/C12H22N4O/c1-9-12(15-5-4-13-9)8-10(2,17)11(3)14-6-7-16(11)12/h14-15,17H,4-8H2,1-3H3. The summed E-state index contributed by atoms with van der Waals surface area (Å²) in [6.45, 7) is 9.70. The van der Waals surface area contributed by atoms with Crippen LogP contribution in [-0.4, -0.2) is 58.8 Å². The van der Waals surface area contributed by atoms with Gasteiger partial charge in [-0.25, -0.2) is 0 Å². The van der Waals surface area contributed by atoms with Crippen LogP contribution in [-0.2, 0) is 0 Å². The zero-order chi connectivity index (χ0) is 12.3. The molecule has 0 aromatic carbocycles. The van der Waals surface area contributed by atoms with Crippen molar-refractivity contribution in [2.45, 2.75) is 44.1 Å². The molecule has 0 radical (unpaired) electrons. The molecule has 3 rings (SSSR count). The van der Waals surface area contributed by atoms with Gasteiger partial charge >= 0.3 is 0 Å². The van der Waals surface area contributed by atoms with Crippen LogP contribution in [0.25, 0.3) is 0 Å². The molecule has 0 amide bonds. The molecule has 96 valence electrons. The Bertz CT molecular complexity index is 381. The second-order valence-corrected chi connectivity index (χ2v) is 5.86. The Morgan fingerprint density at radius 1 is 1.29 bits per heavy atom. The Labute approximate surface area is 102 Å². The lowest BCUT2D eigenvalue weighted by molar-refractivity contribution is -0.0388. The summed E-state index contributed by atoms with van der Waals surface area (Å²) >= 11 is 0. The maximum Gasteiger partial charge on any atom is 0.115 e. The average molecular weight is 238 g/mol. The van der Waals surface area contributed by atoms with E-state index in [1.165, 1.54) is 0 Å². The Kier molecular flexibility index (Phi) is 2.24. The highest BCUT2D eigenvalue weighted by molar-refractivity contribution is 5.92. The fourth-order valence-corrected chi connectivity index (χ4v) is 3.78. The summed E-state index contributed by atoms with van der Waals surface area (Å²) in [5.74, 6) is 0. The summed E-state index contributed by atoms with van der Waals surface area (Å²) in [5, 5.41) is 17.8. The third-order valence-corrected chi connectivity index (χ3v) is 4.93. The van der Waals surface area contributed by atoms with E-state index in [-0.39, 0.29) is 11.3 Å². The Hall–Kier alpha value is -0.490. The molecular formula is C12H22N4O. The van der Waals surface area contributed by atoms with Crippen LogP contribution in [0.3, 0.4) is 0 Å². The van der Waals surface area contributed by atoms with Gasteiger partial charge in [0.25, 0.3) is 0 Å². The van der Waals surface area contributed by atoms with Crippen LogP contribution in [0, 0.1) is 0 Å². The fourth-order valence-electron chi connectivity index (χ4n) is 3.78. The smallest absolute Gasteiger partial charge is 0.115 e. The Morgan fingerprint density at radius 3 is 2.76 bits per heavy atom. The van der Waals surface area contributed by atoms with Crippen LogP contribution in [0.15, 0.2) is 4.99 Å². The Morgan fingerprint density at radius 2 is 2.06 bits per heavy atom. The second kappa shape index (κ2) is 3.29. The van der Waals surface area contributed by atoms with E-state index in [0.717, 1.165) is 31.9 Å². The van der Waals surface area contributed by atoms with Crippen LogP contribution in [0.2, 0.25) is 0 Å². The minimum atomic E-state index is -0.745. The van der Waals surface area contributed by atoms with Crippen molar-refractivity contribution in [3.8, 4) is 0 Å². The van der Waals surface area contributed by atoms with Crippen molar-refractivity contribution in [2.75, 3.05) is 26.2 Å². The van der Waals surface area contributed by atoms with E-state index in [1.807, 2.05) is 6.92 Å². The summed E-state index contributed by atoms with van der Waals surface area (Å²) < 4.78 is 0. The molecule has 1 spiro atoms. The summed E-state index contributed by atoms with van der Waals surface area (Å²) in [6.07, 6.45) is 0.693. The first-order valence-electron chi connectivity index (χ1n) is 6.44. The third kappa shape index (κ3) is 1.25. The lowest BCUT2D eigenvalue weighted by atomic mass is 9.88. The quantitative estimate of drug-likeness (QED) is 0.534. The van der Waals surface area contributed by atoms with Gasteiger partial charge in [-0.1, -0.05) is 0 Å². The molecule has 3 unspecified atom stereocenters. The first-order chi connectivity index (χ1) is 7.92. The van der Waals surface area contributed by atoms with Crippen molar-refractivity contribution in [2.24, 2.45) is 4.99 Å². The molecule has 0 aliphatic carbocycles. The lowest BCUT2D eigenvalue weighted by Gasteiger charge is -2.43. The predicted molar refractivity (Wildman–Crippen MR) is 67.1 cm³/mol. The van der Waals surface area contributed by atoms with Crippen molar-refractivity contribution >= 4 is 5.71 Å². The van der Waals surface area contributed by atoms with Crippen LogP contribution in [0.5, 0.6) is 0 Å². The highest BCUT2D eigenvalue weighted by Crippen LogP contribution is 2.47. The molecule has 0 bridgehead atoms. The van der Waals surface area contributed by atoms with Gasteiger partial charge in [-0.2, -0.15) is 0 Å². The number of aliphatic hydroxyl groups is 1. The van der Waals surface area contributed by atoms with Crippen LogP contribution in [0.1, 0.15) is 27.2 Å². The average Bonchev–Trinajstić information content (AvgIpc) is 2.71. The second-order valence-electron chi connectivity index (χ2n) is 5.86. The molecule has 3 heterocycles. The number of hydrogen-bond acceptors (Lipinski definition) is 5. The van der Waals surface area contributed by atoms with Crippen LogP contribution in [0.4, 0.5) is 0 Å². The van der Waals surface area contributed by atoms with Gasteiger partial charge in [0.05, 0.1) is 17.8 Å². The van der Waals surface area contributed by atoms with Crippen LogP contribution >= 0.6 is 0 Å². The molecular weight excluding hydrogens is 216 g/mol. The number of fused-ring (bicyclic) bond motifs is 2. The summed E-state index contributed by atoms with van der Waals surface area (Å²) in [5.41, 5.74) is -0.241. The molecule has 5 nitrogen and oxygen atoms in total. The topological polar surface area (TPSA) is 59.9 Å². The summed E-state index contributed by atoms with van der Waals surface area (Å²) in [6, 6.07) is 0. The molecule has 3 aliphatic heterocycles. The first kappa shape index (κ1) is 11.6. The SMILES string of the molecule is CC1=NCCNC12CC(C)(O)C1(C)NCCN21. The molecule has 0 aromatic heterocycles. The van der Waals surface area contributed by atoms with Crippen molar-refractivity contribution < 1.29 is 5.11 Å². The van der Waals surface area contributed by atoms with E-state index in [0.29, 0.717) is 6.42 Å². The minimum absolute atomic E-state index is 0.250. The molecule has 0 aromatic rings. The van der Waals surface area contributed by atoms with Crippen molar-refractivity contribution in [3.05, 3.63) is 0 Å². The van der Waals surface area contributed by atoms with Gasteiger partial charge in [0.1, 0.15) is 5.66 Å². The van der Waals surface area contributed by atoms with Gasteiger partial charge in [0.15, 0.2) is 0 Å². The van der Waals surface area contributed by atoms with E-state index in [4.69, 9.17) is 0 Å². The molecule has 2 fully saturated rings. The van der Waals surface area contributed by atoms with Crippen molar-refractivity contribution in [3.63, 3.8) is 0 Å². The monoisotopic (exact) mass is 238 g/mol. The van der Waals surface area contributed by atoms with Gasteiger partial charge in [-0.3, -0.25) is 20.5 Å². The number of aliphatic imine (C=N–C) groups is 1. The molecule has 3 aliphatic rings. The number of nitrogens with one attached hydrogen (secondary N) is 2. The molecule has 5 heteroatoms. The molecule has 2 saturated heterocycles. The maximum absolute atomic E-state index is 10.8. The van der Waals surface area contributed by atoms with Crippen molar-refractivity contribution in [1.29, 1.82) is 0 Å². The first-order valence-corrected chi connectivity index (χ1v) is 6.44. The number of rotatable bonds is 0. The van der Waals surface area contributed by atoms with Gasteiger partial charge in [-0.05, 0) is 20.8 Å². The summed E-state index contributed by atoms with van der Waals surface area (Å²) in [7, 11) is 0. The highest BCUT2D eigenvalue weighted by atomic mass is 16.3. The maximum atomic E-state index is 10.8. The van der Waals surface area contributed by atoms with E-state index in [1.54, 1.807) is 0 Å². The van der Waals surface area contributed by atoms with E-state index >= 15 is 0 Å². The number of nitrogens with zero attached hydrogens (tertiary/aromatic N) is 2. The highest BCUT2D eigenvalue weighted by Gasteiger charge is 2.66. The van der Waals surface area contributed by atoms with Gasteiger partial charge in [0, 0.05) is 31.8 Å². The van der Waals surface area contributed by atoms with Gasteiger partial charge in [0.2, 0.25) is 0 Å². The molecule has 3 atom stereocenters. The fraction of sp³-hybridized carbons (Fsp3) is 0.917. The van der Waals surface area contributed by atoms with E-state index in [2.05, 4.69) is 34.4 Å². The van der Waals surface area contributed by atoms with E-state index < -0.39 is 5.60 Å². The third-order valence-electron chi connectivity index (χ3n) is 4.93. The Balaban J connectivity index is 2.09.